The van der Waals surface area contributed by atoms with Gasteiger partial charge in [0.2, 0.25) is 0 Å². The Balaban J connectivity index is 2.06. The van der Waals surface area contributed by atoms with Crippen molar-refractivity contribution in [3.63, 3.8) is 0 Å². The molecule has 0 fully saturated rings. The molecule has 128 valence electrons. The molecule has 0 saturated heterocycles. The number of hydrazine groups is 1. The van der Waals surface area contributed by atoms with Gasteiger partial charge in [-0.2, -0.15) is 4.98 Å². The summed E-state index contributed by atoms with van der Waals surface area (Å²) in [6, 6.07) is 15.3. The Labute approximate surface area is 146 Å². The highest BCUT2D eigenvalue weighted by Gasteiger charge is 2.14. The van der Waals surface area contributed by atoms with E-state index in [9.17, 15) is 4.79 Å². The fourth-order valence-corrected chi connectivity index (χ4v) is 2.83. The largest absolute Gasteiger partial charge is 0.356 e. The number of anilines is 2. The van der Waals surface area contributed by atoms with Gasteiger partial charge in [0.15, 0.2) is 0 Å². The van der Waals surface area contributed by atoms with Gasteiger partial charge >= 0.3 is 5.69 Å². The molecule has 0 bridgehead atoms. The first kappa shape index (κ1) is 16.9. The van der Waals surface area contributed by atoms with Crippen molar-refractivity contribution in [3.05, 3.63) is 76.5 Å². The molecule has 6 heteroatoms. The van der Waals surface area contributed by atoms with Gasteiger partial charge in [-0.15, -0.1) is 0 Å². The van der Waals surface area contributed by atoms with E-state index in [0.717, 1.165) is 29.7 Å². The van der Waals surface area contributed by atoms with Crippen LogP contribution in [0.1, 0.15) is 25.0 Å². The number of nitrogens with zero attached hydrogens (tertiary/aromatic N) is 4. The van der Waals surface area contributed by atoms with Crippen LogP contribution in [0.5, 0.6) is 0 Å². The number of rotatable bonds is 5. The number of para-hydroxylation sites is 2. The monoisotopic (exact) mass is 335 g/mol. The molecule has 0 aliphatic rings. The lowest BCUT2D eigenvalue weighted by Crippen LogP contribution is -2.32. The molecule has 6 nitrogen and oxygen atoms in total. The number of hydrogen-bond donors (Lipinski definition) is 1. The smallest absolute Gasteiger partial charge is 0.250 e. The SMILES string of the molecule is CCc1cccc(CC)c1-n1cnc(N(N)c2ccccc2)nc1=O. The van der Waals surface area contributed by atoms with Crippen molar-refractivity contribution < 1.29 is 0 Å². The number of hydrogen-bond acceptors (Lipinski definition) is 5. The van der Waals surface area contributed by atoms with Gasteiger partial charge in [0.05, 0.1) is 11.4 Å². The van der Waals surface area contributed by atoms with E-state index in [4.69, 9.17) is 5.84 Å². The van der Waals surface area contributed by atoms with E-state index >= 15 is 0 Å². The first-order valence-corrected chi connectivity index (χ1v) is 8.32. The molecule has 0 amide bonds. The lowest BCUT2D eigenvalue weighted by atomic mass is 10.0. The summed E-state index contributed by atoms with van der Waals surface area (Å²) in [7, 11) is 0. The number of aromatic nitrogens is 3. The standard InChI is InChI=1S/C19H21N5O/c1-3-14-9-8-10-15(4-2)17(14)23-13-21-18(22-19(23)25)24(20)16-11-6-5-7-12-16/h5-13H,3-4,20H2,1-2H3. The zero-order chi connectivity index (χ0) is 17.8. The summed E-state index contributed by atoms with van der Waals surface area (Å²) in [5.41, 5.74) is 3.36. The molecule has 0 radical (unpaired) electrons. The Bertz CT molecular complexity index is 898. The van der Waals surface area contributed by atoms with Gasteiger partial charge in [0.25, 0.3) is 5.95 Å². The van der Waals surface area contributed by atoms with E-state index in [2.05, 4.69) is 23.8 Å². The maximum Gasteiger partial charge on any atom is 0.356 e. The van der Waals surface area contributed by atoms with Gasteiger partial charge in [0.1, 0.15) is 6.33 Å². The third-order valence-electron chi connectivity index (χ3n) is 4.15. The molecule has 0 spiro atoms. The quantitative estimate of drug-likeness (QED) is 0.573. The second kappa shape index (κ2) is 7.27. The molecule has 1 aromatic heterocycles. The fourth-order valence-electron chi connectivity index (χ4n) is 2.83. The minimum Gasteiger partial charge on any atom is -0.250 e. The minimum atomic E-state index is -0.396. The lowest BCUT2D eigenvalue weighted by Gasteiger charge is -2.18. The summed E-state index contributed by atoms with van der Waals surface area (Å²) in [5, 5.41) is 1.30. The van der Waals surface area contributed by atoms with Crippen molar-refractivity contribution in [1.29, 1.82) is 0 Å². The van der Waals surface area contributed by atoms with Crippen molar-refractivity contribution in [2.24, 2.45) is 5.84 Å². The number of aryl methyl sites for hydroxylation is 2. The Kier molecular flexibility index (Phi) is 4.90. The average molecular weight is 335 g/mol. The van der Waals surface area contributed by atoms with E-state index in [1.165, 1.54) is 15.9 Å². The van der Waals surface area contributed by atoms with Crippen molar-refractivity contribution >= 4 is 11.6 Å². The van der Waals surface area contributed by atoms with Crippen LogP contribution in [0.15, 0.2) is 59.7 Å². The van der Waals surface area contributed by atoms with Gasteiger partial charge in [-0.1, -0.05) is 50.2 Å². The normalized spacial score (nSPS) is 10.7. The average Bonchev–Trinajstić information content (AvgIpc) is 2.67. The van der Waals surface area contributed by atoms with Crippen molar-refractivity contribution in [2.45, 2.75) is 26.7 Å². The van der Waals surface area contributed by atoms with E-state index in [1.807, 2.05) is 48.5 Å². The topological polar surface area (TPSA) is 77.0 Å². The minimum absolute atomic E-state index is 0.166. The third kappa shape index (κ3) is 3.29. The zero-order valence-corrected chi connectivity index (χ0v) is 14.4. The summed E-state index contributed by atoms with van der Waals surface area (Å²) in [6.45, 7) is 4.13. The molecule has 3 aromatic rings. The van der Waals surface area contributed by atoms with Gasteiger partial charge in [-0.05, 0) is 36.1 Å². The Morgan fingerprint density at radius 2 is 1.64 bits per heavy atom. The van der Waals surface area contributed by atoms with Crippen LogP contribution >= 0.6 is 0 Å². The first-order chi connectivity index (χ1) is 12.2. The van der Waals surface area contributed by atoms with E-state index in [0.29, 0.717) is 5.69 Å². The molecule has 1 heterocycles. The van der Waals surface area contributed by atoms with Crippen LogP contribution in [0.3, 0.4) is 0 Å². The molecule has 3 rings (SSSR count). The Hall–Kier alpha value is -2.99. The molecule has 2 N–H and O–H groups in total. The second-order valence-electron chi connectivity index (χ2n) is 5.65. The predicted octanol–water partition coefficient (Wildman–Crippen LogP) is 2.76. The molecule has 0 aliphatic heterocycles. The van der Waals surface area contributed by atoms with Crippen LogP contribution < -0.4 is 16.5 Å². The summed E-state index contributed by atoms with van der Waals surface area (Å²) < 4.78 is 1.50. The van der Waals surface area contributed by atoms with Crippen molar-refractivity contribution in [2.75, 3.05) is 5.01 Å². The lowest BCUT2D eigenvalue weighted by molar-refractivity contribution is 0.815. The van der Waals surface area contributed by atoms with Crippen LogP contribution in [0.25, 0.3) is 5.69 Å². The van der Waals surface area contributed by atoms with E-state index in [-0.39, 0.29) is 5.95 Å². The summed E-state index contributed by atoms with van der Waals surface area (Å²) >= 11 is 0. The highest BCUT2D eigenvalue weighted by Crippen LogP contribution is 2.21. The zero-order valence-electron chi connectivity index (χ0n) is 14.4. The molecule has 0 unspecified atom stereocenters. The van der Waals surface area contributed by atoms with Crippen LogP contribution in [0.4, 0.5) is 11.6 Å². The molecule has 0 atom stereocenters. The van der Waals surface area contributed by atoms with Crippen LogP contribution in [-0.4, -0.2) is 14.5 Å². The van der Waals surface area contributed by atoms with Crippen LogP contribution in [-0.2, 0) is 12.8 Å². The molecule has 25 heavy (non-hydrogen) atoms. The van der Waals surface area contributed by atoms with E-state index < -0.39 is 5.69 Å². The fraction of sp³-hybridized carbons (Fsp3) is 0.211. The van der Waals surface area contributed by atoms with Crippen molar-refractivity contribution in [3.8, 4) is 5.69 Å². The van der Waals surface area contributed by atoms with Crippen LogP contribution in [0.2, 0.25) is 0 Å². The molecule has 0 aliphatic carbocycles. The van der Waals surface area contributed by atoms with E-state index in [1.54, 1.807) is 0 Å². The first-order valence-electron chi connectivity index (χ1n) is 8.32. The van der Waals surface area contributed by atoms with Gasteiger partial charge in [-0.25, -0.2) is 20.6 Å². The van der Waals surface area contributed by atoms with Gasteiger partial charge < -0.3 is 0 Å². The Morgan fingerprint density at radius 3 is 2.20 bits per heavy atom. The number of benzene rings is 2. The van der Waals surface area contributed by atoms with Crippen molar-refractivity contribution in [1.82, 2.24) is 14.5 Å². The number of nitrogens with two attached hydrogens (primary N) is 1. The Morgan fingerprint density at radius 1 is 1.00 bits per heavy atom. The molecular formula is C19H21N5O. The maximum atomic E-state index is 12.6. The molecular weight excluding hydrogens is 314 g/mol. The second-order valence-corrected chi connectivity index (χ2v) is 5.65. The summed E-state index contributed by atoms with van der Waals surface area (Å²) in [6.07, 6.45) is 3.15. The van der Waals surface area contributed by atoms with Gasteiger partial charge in [0, 0.05) is 0 Å². The maximum absolute atomic E-state index is 12.6. The van der Waals surface area contributed by atoms with Gasteiger partial charge in [-0.3, -0.25) is 4.57 Å². The summed E-state index contributed by atoms with van der Waals surface area (Å²) in [4.78, 5) is 21.0. The highest BCUT2D eigenvalue weighted by molar-refractivity contribution is 5.55. The summed E-state index contributed by atoms with van der Waals surface area (Å²) in [5.74, 6) is 6.21. The molecule has 0 saturated carbocycles. The third-order valence-corrected chi connectivity index (χ3v) is 4.15. The predicted molar refractivity (Wildman–Crippen MR) is 99.2 cm³/mol. The molecule has 2 aromatic carbocycles. The van der Waals surface area contributed by atoms with Crippen LogP contribution in [0, 0.1) is 0 Å². The highest BCUT2D eigenvalue weighted by atomic mass is 16.1.